The first-order chi connectivity index (χ1) is 9.63. The van der Waals surface area contributed by atoms with Crippen molar-refractivity contribution in [3.63, 3.8) is 0 Å². The van der Waals surface area contributed by atoms with E-state index in [-0.39, 0.29) is 0 Å². The van der Waals surface area contributed by atoms with E-state index in [1.54, 1.807) is 12.1 Å². The second-order valence-electron chi connectivity index (χ2n) is 4.74. The Balaban J connectivity index is 2.05. The van der Waals surface area contributed by atoms with Crippen molar-refractivity contribution in [1.82, 2.24) is 4.98 Å². The highest BCUT2D eigenvalue weighted by molar-refractivity contribution is 5.89. The quantitative estimate of drug-likeness (QED) is 0.762. The van der Waals surface area contributed by atoms with Gasteiger partial charge in [0.05, 0.1) is 11.1 Å². The summed E-state index contributed by atoms with van der Waals surface area (Å²) in [7, 11) is 0. The minimum Gasteiger partial charge on any atom is -0.478 e. The van der Waals surface area contributed by atoms with Gasteiger partial charge in [-0.05, 0) is 48.4 Å². The molecule has 0 atom stereocenters. The summed E-state index contributed by atoms with van der Waals surface area (Å²) in [5.41, 5.74) is 4.32. The molecule has 0 saturated carbocycles. The molecule has 3 heteroatoms. The topological polar surface area (TPSA) is 50.2 Å². The summed E-state index contributed by atoms with van der Waals surface area (Å²) < 4.78 is 0. The number of carboxylic acids is 1. The molecule has 2 aromatic carbocycles. The molecule has 20 heavy (non-hydrogen) atoms. The molecular formula is C17H13NO2. The van der Waals surface area contributed by atoms with Crippen molar-refractivity contribution in [2.24, 2.45) is 0 Å². The zero-order valence-electron chi connectivity index (χ0n) is 11.0. The van der Waals surface area contributed by atoms with Crippen molar-refractivity contribution in [2.45, 2.75) is 6.92 Å². The summed E-state index contributed by atoms with van der Waals surface area (Å²) in [6.45, 7) is 1.97. The van der Waals surface area contributed by atoms with Gasteiger partial charge < -0.3 is 5.11 Å². The van der Waals surface area contributed by atoms with Crippen LogP contribution in [0.15, 0.2) is 54.6 Å². The molecule has 0 saturated heterocycles. The van der Waals surface area contributed by atoms with E-state index < -0.39 is 5.97 Å². The summed E-state index contributed by atoms with van der Waals surface area (Å²) in [4.78, 5) is 15.3. The van der Waals surface area contributed by atoms with Crippen molar-refractivity contribution in [2.75, 3.05) is 0 Å². The molecule has 0 unspecified atom stereocenters. The Morgan fingerprint density at radius 3 is 2.35 bits per heavy atom. The van der Waals surface area contributed by atoms with Crippen LogP contribution >= 0.6 is 0 Å². The van der Waals surface area contributed by atoms with E-state index in [0.717, 1.165) is 27.7 Å². The maximum Gasteiger partial charge on any atom is 0.335 e. The maximum atomic E-state index is 10.8. The minimum absolute atomic E-state index is 0.298. The first kappa shape index (κ1) is 12.4. The SMILES string of the molecule is Cc1ccc2cc(-c3ccc(C(=O)O)cc3)ccc2n1. The van der Waals surface area contributed by atoms with Crippen LogP contribution in [0.1, 0.15) is 16.1 Å². The highest BCUT2D eigenvalue weighted by Crippen LogP contribution is 2.24. The molecule has 0 radical (unpaired) electrons. The first-order valence-electron chi connectivity index (χ1n) is 6.35. The van der Waals surface area contributed by atoms with Gasteiger partial charge in [0.1, 0.15) is 0 Å². The summed E-state index contributed by atoms with van der Waals surface area (Å²) in [5.74, 6) is -0.908. The van der Waals surface area contributed by atoms with E-state index in [9.17, 15) is 4.79 Å². The molecule has 3 rings (SSSR count). The molecule has 0 aliphatic heterocycles. The number of pyridine rings is 1. The van der Waals surface area contributed by atoms with Gasteiger partial charge in [-0.2, -0.15) is 0 Å². The smallest absolute Gasteiger partial charge is 0.335 e. The van der Waals surface area contributed by atoms with Crippen LogP contribution in [0.3, 0.4) is 0 Å². The lowest BCUT2D eigenvalue weighted by Gasteiger charge is -2.05. The highest BCUT2D eigenvalue weighted by Gasteiger charge is 2.04. The van der Waals surface area contributed by atoms with Crippen LogP contribution in [-0.2, 0) is 0 Å². The second-order valence-corrected chi connectivity index (χ2v) is 4.74. The number of hydrogen-bond donors (Lipinski definition) is 1. The Hall–Kier alpha value is -2.68. The Bertz CT molecular complexity index is 792. The number of aryl methyl sites for hydroxylation is 1. The lowest BCUT2D eigenvalue weighted by atomic mass is 10.0. The standard InChI is InChI=1S/C17H13NO2/c1-11-2-3-15-10-14(8-9-16(15)18-11)12-4-6-13(7-5-12)17(19)20/h2-10H,1H3,(H,19,20). The average molecular weight is 263 g/mol. The largest absolute Gasteiger partial charge is 0.478 e. The van der Waals surface area contributed by atoms with Crippen LogP contribution < -0.4 is 0 Å². The predicted molar refractivity (Wildman–Crippen MR) is 78.9 cm³/mol. The van der Waals surface area contributed by atoms with Gasteiger partial charge in [-0.25, -0.2) is 4.79 Å². The average Bonchev–Trinajstić information content (AvgIpc) is 2.47. The number of rotatable bonds is 2. The van der Waals surface area contributed by atoms with E-state index in [4.69, 9.17) is 5.11 Å². The van der Waals surface area contributed by atoms with Gasteiger partial charge in [0.15, 0.2) is 0 Å². The predicted octanol–water partition coefficient (Wildman–Crippen LogP) is 3.91. The molecule has 1 aromatic heterocycles. The fraction of sp³-hybridized carbons (Fsp3) is 0.0588. The van der Waals surface area contributed by atoms with Gasteiger partial charge in [0.25, 0.3) is 0 Å². The number of aromatic nitrogens is 1. The first-order valence-corrected chi connectivity index (χ1v) is 6.35. The number of benzene rings is 2. The van der Waals surface area contributed by atoms with E-state index in [0.29, 0.717) is 5.56 Å². The molecule has 0 spiro atoms. The fourth-order valence-corrected chi connectivity index (χ4v) is 2.21. The summed E-state index contributed by atoms with van der Waals surface area (Å²) in [6.07, 6.45) is 0. The van der Waals surface area contributed by atoms with Gasteiger partial charge in [0.2, 0.25) is 0 Å². The van der Waals surface area contributed by atoms with Gasteiger partial charge in [-0.15, -0.1) is 0 Å². The molecule has 0 fully saturated rings. The van der Waals surface area contributed by atoms with E-state index in [2.05, 4.69) is 11.1 Å². The molecule has 98 valence electrons. The van der Waals surface area contributed by atoms with E-state index in [1.165, 1.54) is 0 Å². The molecule has 1 N–H and O–H groups in total. The molecular weight excluding hydrogens is 250 g/mol. The highest BCUT2D eigenvalue weighted by atomic mass is 16.4. The van der Waals surface area contributed by atoms with Crippen LogP contribution in [0.4, 0.5) is 0 Å². The zero-order chi connectivity index (χ0) is 14.1. The lowest BCUT2D eigenvalue weighted by molar-refractivity contribution is 0.0697. The third kappa shape index (κ3) is 2.26. The van der Waals surface area contributed by atoms with Crippen molar-refractivity contribution in [3.8, 4) is 11.1 Å². The molecule has 3 nitrogen and oxygen atoms in total. The summed E-state index contributed by atoms with van der Waals surface area (Å²) in [6, 6.07) is 17.0. The van der Waals surface area contributed by atoms with Gasteiger partial charge in [-0.1, -0.05) is 24.3 Å². The van der Waals surface area contributed by atoms with E-state index in [1.807, 2.05) is 43.3 Å². The third-order valence-electron chi connectivity index (χ3n) is 3.29. The molecule has 1 heterocycles. The third-order valence-corrected chi connectivity index (χ3v) is 3.29. The van der Waals surface area contributed by atoms with Crippen molar-refractivity contribution < 1.29 is 9.90 Å². The molecule has 0 bridgehead atoms. The van der Waals surface area contributed by atoms with Crippen LogP contribution in [-0.4, -0.2) is 16.1 Å². The maximum absolute atomic E-state index is 10.8. The number of carboxylic acid groups (broad SMARTS) is 1. The minimum atomic E-state index is -0.908. The monoisotopic (exact) mass is 263 g/mol. The number of fused-ring (bicyclic) bond motifs is 1. The van der Waals surface area contributed by atoms with Gasteiger partial charge in [0, 0.05) is 11.1 Å². The number of carbonyl (C=O) groups is 1. The lowest BCUT2D eigenvalue weighted by Crippen LogP contribution is -1.94. The number of hydrogen-bond acceptors (Lipinski definition) is 2. The van der Waals surface area contributed by atoms with Crippen LogP contribution in [0.2, 0.25) is 0 Å². The van der Waals surface area contributed by atoms with Crippen LogP contribution in [0.25, 0.3) is 22.0 Å². The van der Waals surface area contributed by atoms with Gasteiger partial charge in [-0.3, -0.25) is 4.98 Å². The zero-order valence-corrected chi connectivity index (χ0v) is 11.0. The molecule has 0 aliphatic carbocycles. The Labute approximate surface area is 116 Å². The normalized spacial score (nSPS) is 10.7. The number of aromatic carboxylic acids is 1. The Morgan fingerprint density at radius 1 is 0.950 bits per heavy atom. The van der Waals surface area contributed by atoms with Crippen LogP contribution in [0, 0.1) is 6.92 Å². The Kier molecular flexibility index (Phi) is 2.95. The summed E-state index contributed by atoms with van der Waals surface area (Å²) >= 11 is 0. The number of nitrogens with zero attached hydrogens (tertiary/aromatic N) is 1. The van der Waals surface area contributed by atoms with Crippen molar-refractivity contribution >= 4 is 16.9 Å². The molecule has 0 aliphatic rings. The summed E-state index contributed by atoms with van der Waals surface area (Å²) in [5, 5.41) is 9.98. The fourth-order valence-electron chi connectivity index (χ4n) is 2.21. The van der Waals surface area contributed by atoms with Gasteiger partial charge >= 0.3 is 5.97 Å². The van der Waals surface area contributed by atoms with E-state index >= 15 is 0 Å². The van der Waals surface area contributed by atoms with Crippen molar-refractivity contribution in [1.29, 1.82) is 0 Å². The van der Waals surface area contributed by atoms with Crippen molar-refractivity contribution in [3.05, 3.63) is 65.9 Å². The van der Waals surface area contributed by atoms with Crippen LogP contribution in [0.5, 0.6) is 0 Å². The Morgan fingerprint density at radius 2 is 1.65 bits per heavy atom. The molecule has 3 aromatic rings. The second kappa shape index (κ2) is 4.78. The molecule has 0 amide bonds.